The van der Waals surface area contributed by atoms with Crippen LogP contribution in [0.5, 0.6) is 0 Å². The van der Waals surface area contributed by atoms with E-state index >= 15 is 0 Å². The lowest BCUT2D eigenvalue weighted by atomic mass is 10.1. The topological polar surface area (TPSA) is 66.8 Å². The van der Waals surface area contributed by atoms with E-state index in [1.807, 2.05) is 19.1 Å². The summed E-state index contributed by atoms with van der Waals surface area (Å²) >= 11 is 2.16. The number of amides is 1. The number of carbonyl (C=O) groups excluding carboxylic acids is 1. The van der Waals surface area contributed by atoms with Crippen molar-refractivity contribution in [3.63, 3.8) is 0 Å². The van der Waals surface area contributed by atoms with Crippen molar-refractivity contribution < 1.29 is 19.4 Å². The van der Waals surface area contributed by atoms with Crippen molar-refractivity contribution in [3.8, 4) is 0 Å². The fraction of sp³-hybridized carbons (Fsp3) is 0.429. The minimum Gasteiger partial charge on any atom is -0.480 e. The van der Waals surface area contributed by atoms with Gasteiger partial charge >= 0.3 is 5.97 Å². The molecule has 1 amide bonds. The van der Waals surface area contributed by atoms with Crippen LogP contribution in [-0.2, 0) is 9.53 Å². The normalized spacial score (nSPS) is 22.1. The number of ether oxygens (including phenoxy) is 1. The third-order valence-electron chi connectivity index (χ3n) is 3.64. The molecule has 1 aromatic carbocycles. The Hall–Kier alpha value is -1.15. The van der Waals surface area contributed by atoms with Crippen LogP contribution in [0.2, 0.25) is 0 Å². The van der Waals surface area contributed by atoms with Gasteiger partial charge in [0.2, 0.25) is 0 Å². The Labute approximate surface area is 131 Å². The minimum atomic E-state index is -0.985. The molecule has 2 atom stereocenters. The Bertz CT molecular complexity index is 546. The lowest BCUT2D eigenvalue weighted by Crippen LogP contribution is -2.40. The zero-order valence-corrected chi connectivity index (χ0v) is 13.5. The molecule has 0 spiro atoms. The highest BCUT2D eigenvalue weighted by Gasteiger charge is 2.40. The highest BCUT2D eigenvalue weighted by atomic mass is 127. The smallest absolute Gasteiger partial charge is 0.326 e. The molecule has 1 saturated heterocycles. The number of nitrogens with zero attached hydrogens (tertiary/aromatic N) is 1. The van der Waals surface area contributed by atoms with Gasteiger partial charge in [-0.2, -0.15) is 0 Å². The van der Waals surface area contributed by atoms with Gasteiger partial charge in [0.15, 0.2) is 0 Å². The average molecular weight is 389 g/mol. The molecule has 1 fully saturated rings. The summed E-state index contributed by atoms with van der Waals surface area (Å²) < 4.78 is 6.19. The maximum absolute atomic E-state index is 12.6. The van der Waals surface area contributed by atoms with E-state index in [9.17, 15) is 14.7 Å². The summed E-state index contributed by atoms with van der Waals surface area (Å²) in [6.07, 6.45) is 0.115. The molecule has 0 saturated carbocycles. The maximum atomic E-state index is 12.6. The number of hydrogen-bond donors (Lipinski definition) is 1. The van der Waals surface area contributed by atoms with Gasteiger partial charge in [-0.1, -0.05) is 6.07 Å². The van der Waals surface area contributed by atoms with E-state index in [0.717, 1.165) is 9.13 Å². The fourth-order valence-electron chi connectivity index (χ4n) is 2.42. The van der Waals surface area contributed by atoms with Crippen molar-refractivity contribution in [2.75, 3.05) is 13.7 Å². The average Bonchev–Trinajstić information content (AvgIpc) is 2.85. The first-order chi connectivity index (χ1) is 9.45. The van der Waals surface area contributed by atoms with E-state index in [0.29, 0.717) is 18.5 Å². The molecule has 0 bridgehead atoms. The second kappa shape index (κ2) is 6.09. The van der Waals surface area contributed by atoms with Crippen LogP contribution in [0.1, 0.15) is 22.3 Å². The van der Waals surface area contributed by atoms with E-state index in [1.54, 1.807) is 6.07 Å². The second-order valence-corrected chi connectivity index (χ2v) is 5.98. The Kier molecular flexibility index (Phi) is 4.64. The van der Waals surface area contributed by atoms with Crippen molar-refractivity contribution >= 4 is 34.5 Å². The number of methoxy groups -OCH3 is 1. The molecular weight excluding hydrogens is 373 g/mol. The van der Waals surface area contributed by atoms with E-state index in [4.69, 9.17) is 4.74 Å². The quantitative estimate of drug-likeness (QED) is 0.803. The van der Waals surface area contributed by atoms with Gasteiger partial charge in [-0.25, -0.2) is 4.79 Å². The molecular formula is C14H16INO4. The predicted octanol–water partition coefficient (Wildman–Crippen LogP) is 1.91. The first kappa shape index (κ1) is 15.2. The number of halogens is 1. The monoisotopic (exact) mass is 389 g/mol. The van der Waals surface area contributed by atoms with Crippen LogP contribution in [-0.4, -0.2) is 47.7 Å². The molecule has 1 aliphatic rings. The number of likely N-dealkylation sites (tertiary alicyclic amines) is 1. The van der Waals surface area contributed by atoms with Crippen molar-refractivity contribution in [3.05, 3.63) is 32.9 Å². The predicted molar refractivity (Wildman–Crippen MR) is 81.8 cm³/mol. The third-order valence-corrected chi connectivity index (χ3v) is 4.81. The number of carboxylic acid groups (broad SMARTS) is 1. The molecule has 1 N–H and O–H groups in total. The van der Waals surface area contributed by atoms with Crippen molar-refractivity contribution in [1.29, 1.82) is 0 Å². The number of benzene rings is 1. The van der Waals surface area contributed by atoms with Crippen LogP contribution in [0, 0.1) is 10.5 Å². The lowest BCUT2D eigenvalue weighted by Gasteiger charge is -2.22. The maximum Gasteiger partial charge on any atom is 0.326 e. The lowest BCUT2D eigenvalue weighted by molar-refractivity contribution is -0.141. The second-order valence-electron chi connectivity index (χ2n) is 4.82. The van der Waals surface area contributed by atoms with Gasteiger partial charge in [0.25, 0.3) is 5.91 Å². The summed E-state index contributed by atoms with van der Waals surface area (Å²) in [6, 6.07) is 4.65. The Morgan fingerprint density at radius 3 is 2.75 bits per heavy atom. The SMILES string of the molecule is COC1CC(C(=O)O)N(C(=O)c2cccc(I)c2C)C1. The van der Waals surface area contributed by atoms with E-state index in [-0.39, 0.29) is 12.0 Å². The van der Waals surface area contributed by atoms with Gasteiger partial charge in [0, 0.05) is 29.2 Å². The molecule has 1 aromatic rings. The summed E-state index contributed by atoms with van der Waals surface area (Å²) in [5.74, 6) is -1.23. The summed E-state index contributed by atoms with van der Waals surface area (Å²) in [6.45, 7) is 2.19. The molecule has 108 valence electrons. The highest BCUT2D eigenvalue weighted by molar-refractivity contribution is 14.1. The first-order valence-corrected chi connectivity index (χ1v) is 7.35. The number of aliphatic carboxylic acids is 1. The van der Waals surface area contributed by atoms with Crippen LogP contribution in [0.3, 0.4) is 0 Å². The summed E-state index contributed by atoms with van der Waals surface area (Å²) in [4.78, 5) is 25.3. The molecule has 1 aliphatic heterocycles. The summed E-state index contributed by atoms with van der Waals surface area (Å²) in [5.41, 5.74) is 1.43. The highest BCUT2D eigenvalue weighted by Crippen LogP contribution is 2.25. The molecule has 0 aromatic heterocycles. The number of carbonyl (C=O) groups is 2. The largest absolute Gasteiger partial charge is 0.480 e. The Morgan fingerprint density at radius 1 is 1.45 bits per heavy atom. The van der Waals surface area contributed by atoms with Crippen molar-refractivity contribution in [2.45, 2.75) is 25.5 Å². The van der Waals surface area contributed by atoms with Crippen LogP contribution in [0.25, 0.3) is 0 Å². The molecule has 5 nitrogen and oxygen atoms in total. The van der Waals surface area contributed by atoms with Gasteiger partial charge < -0.3 is 14.7 Å². The Morgan fingerprint density at radius 2 is 2.15 bits per heavy atom. The molecule has 20 heavy (non-hydrogen) atoms. The third kappa shape index (κ3) is 2.80. The van der Waals surface area contributed by atoms with Gasteiger partial charge in [-0.15, -0.1) is 0 Å². The number of carboxylic acids is 1. The van der Waals surface area contributed by atoms with Gasteiger partial charge in [0.05, 0.1) is 6.10 Å². The van der Waals surface area contributed by atoms with Crippen molar-refractivity contribution in [1.82, 2.24) is 4.90 Å². The number of rotatable bonds is 3. The molecule has 0 aliphatic carbocycles. The first-order valence-electron chi connectivity index (χ1n) is 6.27. The van der Waals surface area contributed by atoms with Gasteiger partial charge in [-0.3, -0.25) is 4.79 Å². The van der Waals surface area contributed by atoms with E-state index in [2.05, 4.69) is 22.6 Å². The standard InChI is InChI=1S/C14H16INO4/c1-8-10(4-3-5-11(8)15)13(17)16-7-9(20-2)6-12(16)14(18)19/h3-5,9,12H,6-7H2,1-2H3,(H,18,19). The zero-order chi connectivity index (χ0) is 14.9. The summed E-state index contributed by atoms with van der Waals surface area (Å²) in [5, 5.41) is 9.27. The van der Waals surface area contributed by atoms with Crippen LogP contribution >= 0.6 is 22.6 Å². The van der Waals surface area contributed by atoms with E-state index < -0.39 is 12.0 Å². The molecule has 2 rings (SSSR count). The zero-order valence-electron chi connectivity index (χ0n) is 11.3. The van der Waals surface area contributed by atoms with E-state index in [1.165, 1.54) is 12.0 Å². The molecule has 1 heterocycles. The minimum absolute atomic E-state index is 0.219. The van der Waals surface area contributed by atoms with Crippen molar-refractivity contribution in [2.24, 2.45) is 0 Å². The van der Waals surface area contributed by atoms with Crippen LogP contribution in [0.4, 0.5) is 0 Å². The molecule has 0 radical (unpaired) electrons. The molecule has 2 unspecified atom stereocenters. The molecule has 6 heteroatoms. The Balaban J connectivity index is 2.31. The number of hydrogen-bond acceptors (Lipinski definition) is 3. The van der Waals surface area contributed by atoms with Gasteiger partial charge in [0.1, 0.15) is 6.04 Å². The van der Waals surface area contributed by atoms with Crippen LogP contribution < -0.4 is 0 Å². The van der Waals surface area contributed by atoms with Crippen LogP contribution in [0.15, 0.2) is 18.2 Å². The summed E-state index contributed by atoms with van der Waals surface area (Å²) in [7, 11) is 1.54. The van der Waals surface area contributed by atoms with Gasteiger partial charge in [-0.05, 0) is 47.2 Å². The fourth-order valence-corrected chi connectivity index (χ4v) is 2.92.